The number of benzene rings is 6. The van der Waals surface area contributed by atoms with Crippen molar-refractivity contribution >= 4 is 23.5 Å². The highest BCUT2D eigenvalue weighted by Crippen LogP contribution is 2.45. The van der Waals surface area contributed by atoms with Gasteiger partial charge >= 0.3 is 0 Å². The zero-order valence-corrected chi connectivity index (χ0v) is 31.6. The van der Waals surface area contributed by atoms with E-state index in [0.717, 1.165) is 39.1 Å². The van der Waals surface area contributed by atoms with Gasteiger partial charge < -0.3 is 4.74 Å². The first kappa shape index (κ1) is 36.1. The lowest BCUT2D eigenvalue weighted by Gasteiger charge is -2.20. The third kappa shape index (κ3) is 7.96. The molecule has 0 aromatic heterocycles. The van der Waals surface area contributed by atoms with Crippen LogP contribution in [0.2, 0.25) is 0 Å². The summed E-state index contributed by atoms with van der Waals surface area (Å²) in [5, 5.41) is 9.30. The maximum atomic E-state index is 9.30. The summed E-state index contributed by atoms with van der Waals surface area (Å²) in [6, 6.07) is 52.8. The van der Waals surface area contributed by atoms with E-state index in [9.17, 15) is 5.41 Å². The lowest BCUT2D eigenvalue weighted by Crippen LogP contribution is -2.18. The Morgan fingerprint density at radius 1 is 0.679 bits per heavy atom. The molecule has 8 rings (SSSR count). The Labute approximate surface area is 329 Å². The topological polar surface area (TPSA) is 57.8 Å². The number of allylic oxidation sites excluding steroid dienone is 5. The lowest BCUT2D eigenvalue weighted by molar-refractivity contribution is 0.269. The van der Waals surface area contributed by atoms with Crippen LogP contribution in [0, 0.1) is 5.41 Å². The van der Waals surface area contributed by atoms with Crippen molar-refractivity contribution in [2.24, 2.45) is 9.98 Å². The van der Waals surface area contributed by atoms with Crippen LogP contribution >= 0.6 is 0 Å². The molecule has 1 aliphatic carbocycles. The van der Waals surface area contributed by atoms with Crippen LogP contribution in [0.1, 0.15) is 42.0 Å². The van der Waals surface area contributed by atoms with E-state index in [-0.39, 0.29) is 17.9 Å². The van der Waals surface area contributed by atoms with Gasteiger partial charge in [0.1, 0.15) is 11.9 Å². The molecule has 6 aromatic rings. The van der Waals surface area contributed by atoms with Gasteiger partial charge in [-0.15, -0.1) is 0 Å². The largest absolute Gasteiger partial charge is 0.485 e. The second-order valence-electron chi connectivity index (χ2n) is 14.1. The van der Waals surface area contributed by atoms with E-state index < -0.39 is 0 Å². The highest BCUT2D eigenvalue weighted by molar-refractivity contribution is 6.13. The number of rotatable bonds is 9. The lowest BCUT2D eigenvalue weighted by atomic mass is 9.84. The Hall–Kier alpha value is -6.91. The smallest absolute Gasteiger partial charge is 0.156 e. The fourth-order valence-electron chi connectivity index (χ4n) is 7.32. The Morgan fingerprint density at radius 2 is 1.27 bits per heavy atom. The van der Waals surface area contributed by atoms with Gasteiger partial charge in [-0.25, -0.2) is 9.98 Å². The maximum Gasteiger partial charge on any atom is 0.156 e. The van der Waals surface area contributed by atoms with Gasteiger partial charge in [0.25, 0.3) is 0 Å². The number of nitrogens with one attached hydrogen (secondary N) is 1. The molecular weight excluding hydrogens is 683 g/mol. The Balaban J connectivity index is 1.02. The summed E-state index contributed by atoms with van der Waals surface area (Å²) >= 11 is 0. The van der Waals surface area contributed by atoms with Crippen molar-refractivity contribution in [3.8, 4) is 39.1 Å². The van der Waals surface area contributed by atoms with Gasteiger partial charge in [0.2, 0.25) is 0 Å². The van der Waals surface area contributed by atoms with Crippen LogP contribution in [0.5, 0.6) is 5.75 Å². The molecule has 0 fully saturated rings. The minimum atomic E-state index is -0.136. The fraction of sp³-hybridized carbons (Fsp3) is 0.0962. The first-order chi connectivity index (χ1) is 27.5. The summed E-state index contributed by atoms with van der Waals surface area (Å²) in [5.41, 5.74) is 13.2. The fourth-order valence-corrected chi connectivity index (χ4v) is 7.32. The number of ether oxygens (including phenoxy) is 1. The second-order valence-corrected chi connectivity index (χ2v) is 14.1. The highest BCUT2D eigenvalue weighted by Gasteiger charge is 2.36. The van der Waals surface area contributed by atoms with E-state index in [2.05, 4.69) is 140 Å². The number of hydrogen-bond donors (Lipinski definition) is 1. The van der Waals surface area contributed by atoms with Crippen LogP contribution in [-0.2, 0) is 6.42 Å². The SMILES string of the molecule is C/C=C\C=C(/C)C(=NC(=N)c1cccc2c1C1C=C(c3ccc(-c4ccccc4)cc3)C=CC1O2)/N=C\Cc1ccc(-c2cccc(-c3ccccc3)c2)cc1. The molecule has 6 aromatic carbocycles. The maximum absolute atomic E-state index is 9.30. The predicted octanol–water partition coefficient (Wildman–Crippen LogP) is 12.7. The van der Waals surface area contributed by atoms with E-state index in [1.807, 2.05) is 68.6 Å². The predicted molar refractivity (Wildman–Crippen MR) is 235 cm³/mol. The van der Waals surface area contributed by atoms with Crippen LogP contribution in [0.3, 0.4) is 0 Å². The number of aliphatic imine (C=N–C) groups is 2. The van der Waals surface area contributed by atoms with Crippen LogP contribution in [0.25, 0.3) is 39.0 Å². The molecule has 0 bridgehead atoms. The van der Waals surface area contributed by atoms with E-state index in [4.69, 9.17) is 14.7 Å². The van der Waals surface area contributed by atoms with E-state index in [0.29, 0.717) is 12.3 Å². The standard InChI is InChI=1S/C52H43N3O/c1-3-4-13-36(2)52(54-33-32-37-22-24-41(25-23-37)44-19-11-18-43(34-44)39-16-9-6-10-17-39)55-51(53)46-20-12-21-49-50(46)47-35-45(30-31-48(47)56-49)42-28-26-40(27-29-42)38-14-7-5-8-15-38/h3-31,33-35,47-48,53H,32H2,1-2H3/b4-3-,36-13+,53-51?,54-33-,55-52?. The zero-order chi connectivity index (χ0) is 38.3. The summed E-state index contributed by atoms with van der Waals surface area (Å²) in [4.78, 5) is 9.70. The van der Waals surface area contributed by atoms with Gasteiger partial charge in [0, 0.05) is 29.7 Å². The average Bonchev–Trinajstić information content (AvgIpc) is 3.64. The van der Waals surface area contributed by atoms with Crippen LogP contribution < -0.4 is 4.74 Å². The molecule has 0 spiro atoms. The van der Waals surface area contributed by atoms with Crippen molar-refractivity contribution in [2.45, 2.75) is 32.3 Å². The van der Waals surface area contributed by atoms with Crippen molar-refractivity contribution in [3.05, 3.63) is 216 Å². The Kier molecular flexibility index (Phi) is 10.7. The van der Waals surface area contributed by atoms with Crippen LogP contribution in [0.15, 0.2) is 204 Å². The summed E-state index contributed by atoms with van der Waals surface area (Å²) in [6.45, 7) is 3.97. The zero-order valence-electron chi connectivity index (χ0n) is 31.6. The summed E-state index contributed by atoms with van der Waals surface area (Å²) < 4.78 is 6.42. The molecule has 2 unspecified atom stereocenters. The number of nitrogens with zero attached hydrogens (tertiary/aromatic N) is 2. The molecule has 56 heavy (non-hydrogen) atoms. The quantitative estimate of drug-likeness (QED) is 0.0900. The van der Waals surface area contributed by atoms with Gasteiger partial charge in [0.15, 0.2) is 11.7 Å². The minimum absolute atomic E-state index is 0.0408. The molecular formula is C52H43N3O. The highest BCUT2D eigenvalue weighted by atomic mass is 16.5. The van der Waals surface area contributed by atoms with Gasteiger partial charge in [0.05, 0.1) is 0 Å². The van der Waals surface area contributed by atoms with Crippen molar-refractivity contribution in [3.63, 3.8) is 0 Å². The molecule has 0 amide bonds. The monoisotopic (exact) mass is 725 g/mol. The second kappa shape index (κ2) is 16.6. The van der Waals surface area contributed by atoms with Gasteiger partial charge in [-0.2, -0.15) is 0 Å². The van der Waals surface area contributed by atoms with Crippen molar-refractivity contribution < 1.29 is 4.74 Å². The molecule has 0 radical (unpaired) electrons. The molecule has 272 valence electrons. The molecule has 4 nitrogen and oxygen atoms in total. The summed E-state index contributed by atoms with van der Waals surface area (Å²) in [7, 11) is 0. The number of amidine groups is 2. The molecule has 4 heteroatoms. The third-order valence-corrected chi connectivity index (χ3v) is 10.3. The molecule has 1 aliphatic heterocycles. The normalized spacial score (nSPS) is 16.4. The first-order valence-electron chi connectivity index (χ1n) is 19.1. The molecule has 1 heterocycles. The van der Waals surface area contributed by atoms with Gasteiger partial charge in [-0.3, -0.25) is 5.41 Å². The molecule has 2 aliphatic rings. The molecule has 1 N–H and O–H groups in total. The molecule has 0 saturated carbocycles. The van der Waals surface area contributed by atoms with E-state index in [1.165, 1.54) is 33.4 Å². The van der Waals surface area contributed by atoms with Crippen LogP contribution in [0.4, 0.5) is 0 Å². The molecule has 0 saturated heterocycles. The number of fused-ring (bicyclic) bond motifs is 3. The number of hydrogen-bond acceptors (Lipinski definition) is 2. The first-order valence-corrected chi connectivity index (χ1v) is 19.1. The van der Waals surface area contributed by atoms with Crippen molar-refractivity contribution in [1.29, 1.82) is 5.41 Å². The average molecular weight is 726 g/mol. The minimum Gasteiger partial charge on any atom is -0.485 e. The Bertz CT molecular complexity index is 2540. The van der Waals surface area contributed by atoms with Crippen LogP contribution in [-0.4, -0.2) is 24.0 Å². The summed E-state index contributed by atoms with van der Waals surface area (Å²) in [5.74, 6) is 1.42. The Morgan fingerprint density at radius 3 is 1.96 bits per heavy atom. The van der Waals surface area contributed by atoms with Crippen molar-refractivity contribution in [1.82, 2.24) is 0 Å². The van der Waals surface area contributed by atoms with E-state index in [1.54, 1.807) is 0 Å². The van der Waals surface area contributed by atoms with E-state index >= 15 is 0 Å². The van der Waals surface area contributed by atoms with Gasteiger partial charge in [-0.1, -0.05) is 170 Å². The van der Waals surface area contributed by atoms with Gasteiger partial charge in [-0.05, 0) is 87.7 Å². The summed E-state index contributed by atoms with van der Waals surface area (Å²) in [6.07, 6.45) is 14.9. The molecule has 2 atom stereocenters. The van der Waals surface area contributed by atoms with Crippen molar-refractivity contribution in [2.75, 3.05) is 0 Å². The third-order valence-electron chi connectivity index (χ3n) is 10.3.